The van der Waals surface area contributed by atoms with Crippen LogP contribution in [0.1, 0.15) is 26.7 Å². The van der Waals surface area contributed by atoms with Crippen LogP contribution in [0.15, 0.2) is 18.2 Å². The smallest absolute Gasteiger partial charge is 0.239 e. The van der Waals surface area contributed by atoms with Crippen LogP contribution < -0.4 is 20.1 Å². The molecule has 0 saturated carbocycles. The third kappa shape index (κ3) is 4.99. The van der Waals surface area contributed by atoms with Crippen molar-refractivity contribution >= 4 is 11.6 Å². The lowest BCUT2D eigenvalue weighted by molar-refractivity contribution is -0.120. The standard InChI is InChI=1S/C15H24N2O3/c1-5-6-11(2)17-15(18)10-16-12-7-8-13(19-3)14(9-12)20-4/h7-9,11,16H,5-6,10H2,1-4H3,(H,17,18). The molecule has 1 rings (SSSR count). The number of hydrogen-bond donors (Lipinski definition) is 2. The van der Waals surface area contributed by atoms with Crippen LogP contribution >= 0.6 is 0 Å². The van der Waals surface area contributed by atoms with Gasteiger partial charge in [0.25, 0.3) is 0 Å². The molecule has 0 aliphatic heterocycles. The molecule has 1 aromatic carbocycles. The minimum absolute atomic E-state index is 0.0132. The first-order chi connectivity index (χ1) is 9.60. The van der Waals surface area contributed by atoms with E-state index in [0.29, 0.717) is 11.5 Å². The first kappa shape index (κ1) is 16.1. The van der Waals surface area contributed by atoms with E-state index in [2.05, 4.69) is 17.6 Å². The van der Waals surface area contributed by atoms with E-state index < -0.39 is 0 Å². The lowest BCUT2D eigenvalue weighted by atomic mass is 10.2. The van der Waals surface area contributed by atoms with Crippen molar-refractivity contribution in [2.45, 2.75) is 32.7 Å². The van der Waals surface area contributed by atoms with Gasteiger partial charge in [-0.15, -0.1) is 0 Å². The summed E-state index contributed by atoms with van der Waals surface area (Å²) in [7, 11) is 3.17. The van der Waals surface area contributed by atoms with Crippen molar-refractivity contribution in [3.8, 4) is 11.5 Å². The fourth-order valence-electron chi connectivity index (χ4n) is 1.96. The van der Waals surface area contributed by atoms with Crippen LogP contribution in [0.3, 0.4) is 0 Å². The second-order valence-corrected chi connectivity index (χ2v) is 4.68. The van der Waals surface area contributed by atoms with Crippen molar-refractivity contribution in [1.82, 2.24) is 5.32 Å². The summed E-state index contributed by atoms with van der Waals surface area (Å²) in [6, 6.07) is 5.67. The van der Waals surface area contributed by atoms with Crippen LogP contribution in [0, 0.1) is 0 Å². The summed E-state index contributed by atoms with van der Waals surface area (Å²) in [4.78, 5) is 11.7. The van der Waals surface area contributed by atoms with Gasteiger partial charge in [0.2, 0.25) is 5.91 Å². The highest BCUT2D eigenvalue weighted by molar-refractivity contribution is 5.81. The summed E-state index contributed by atoms with van der Waals surface area (Å²) >= 11 is 0. The minimum atomic E-state index is -0.0132. The number of anilines is 1. The molecule has 0 bridgehead atoms. The molecule has 0 heterocycles. The topological polar surface area (TPSA) is 59.6 Å². The molecule has 0 aliphatic rings. The molecule has 0 aliphatic carbocycles. The third-order valence-electron chi connectivity index (χ3n) is 2.97. The number of amides is 1. The van der Waals surface area contributed by atoms with E-state index >= 15 is 0 Å². The molecule has 1 unspecified atom stereocenters. The second kappa shape index (κ2) is 8.30. The van der Waals surface area contributed by atoms with Crippen molar-refractivity contribution in [3.05, 3.63) is 18.2 Å². The van der Waals surface area contributed by atoms with Gasteiger partial charge in [0.05, 0.1) is 20.8 Å². The number of rotatable bonds is 8. The zero-order valence-corrected chi connectivity index (χ0v) is 12.7. The second-order valence-electron chi connectivity index (χ2n) is 4.68. The van der Waals surface area contributed by atoms with Gasteiger partial charge >= 0.3 is 0 Å². The largest absolute Gasteiger partial charge is 0.493 e. The molecule has 1 atom stereocenters. The van der Waals surface area contributed by atoms with Gasteiger partial charge in [0.15, 0.2) is 11.5 Å². The first-order valence-electron chi connectivity index (χ1n) is 6.86. The van der Waals surface area contributed by atoms with Crippen molar-refractivity contribution in [3.63, 3.8) is 0 Å². The molecular weight excluding hydrogens is 256 g/mol. The quantitative estimate of drug-likeness (QED) is 0.768. The lowest BCUT2D eigenvalue weighted by Gasteiger charge is -2.14. The Balaban J connectivity index is 2.51. The molecular formula is C15H24N2O3. The average Bonchev–Trinajstić information content (AvgIpc) is 2.44. The van der Waals surface area contributed by atoms with Gasteiger partial charge in [0, 0.05) is 17.8 Å². The summed E-state index contributed by atoms with van der Waals surface area (Å²) in [6.07, 6.45) is 2.05. The van der Waals surface area contributed by atoms with Crippen LogP contribution in [0.25, 0.3) is 0 Å². The molecule has 1 aromatic rings. The minimum Gasteiger partial charge on any atom is -0.493 e. The van der Waals surface area contributed by atoms with Crippen molar-refractivity contribution in [2.75, 3.05) is 26.1 Å². The Morgan fingerprint density at radius 3 is 2.55 bits per heavy atom. The molecule has 112 valence electrons. The van der Waals surface area contributed by atoms with Crippen molar-refractivity contribution in [2.24, 2.45) is 0 Å². The predicted molar refractivity (Wildman–Crippen MR) is 80.5 cm³/mol. The number of benzene rings is 1. The Hall–Kier alpha value is -1.91. The molecule has 5 nitrogen and oxygen atoms in total. The Morgan fingerprint density at radius 2 is 1.95 bits per heavy atom. The van der Waals surface area contributed by atoms with E-state index in [9.17, 15) is 4.79 Å². The Kier molecular flexibility index (Phi) is 6.70. The van der Waals surface area contributed by atoms with E-state index in [4.69, 9.17) is 9.47 Å². The number of hydrogen-bond acceptors (Lipinski definition) is 4. The van der Waals surface area contributed by atoms with E-state index in [-0.39, 0.29) is 18.5 Å². The van der Waals surface area contributed by atoms with Gasteiger partial charge in [-0.1, -0.05) is 13.3 Å². The Bertz CT molecular complexity index is 435. The third-order valence-corrected chi connectivity index (χ3v) is 2.97. The maximum absolute atomic E-state index is 11.7. The van der Waals surface area contributed by atoms with E-state index in [1.807, 2.05) is 19.1 Å². The number of carbonyl (C=O) groups excluding carboxylic acids is 1. The zero-order valence-electron chi connectivity index (χ0n) is 12.7. The monoisotopic (exact) mass is 280 g/mol. The van der Waals surface area contributed by atoms with Gasteiger partial charge < -0.3 is 20.1 Å². The maximum atomic E-state index is 11.7. The van der Waals surface area contributed by atoms with Gasteiger partial charge in [-0.05, 0) is 25.5 Å². The molecule has 0 spiro atoms. The van der Waals surface area contributed by atoms with E-state index in [0.717, 1.165) is 18.5 Å². The summed E-state index contributed by atoms with van der Waals surface area (Å²) in [6.45, 7) is 4.35. The number of methoxy groups -OCH3 is 2. The van der Waals surface area contributed by atoms with Gasteiger partial charge in [-0.2, -0.15) is 0 Å². The van der Waals surface area contributed by atoms with Crippen LogP contribution in [0.2, 0.25) is 0 Å². The SMILES string of the molecule is CCCC(C)NC(=O)CNc1ccc(OC)c(OC)c1. The molecule has 0 fully saturated rings. The number of nitrogens with one attached hydrogen (secondary N) is 2. The molecule has 2 N–H and O–H groups in total. The average molecular weight is 280 g/mol. The normalized spacial score (nSPS) is 11.6. The number of ether oxygens (including phenoxy) is 2. The van der Waals surface area contributed by atoms with Gasteiger partial charge in [0.1, 0.15) is 0 Å². The fraction of sp³-hybridized carbons (Fsp3) is 0.533. The lowest BCUT2D eigenvalue weighted by Crippen LogP contribution is -2.36. The van der Waals surface area contributed by atoms with Gasteiger partial charge in [-0.25, -0.2) is 0 Å². The summed E-state index contributed by atoms with van der Waals surface area (Å²) in [5.74, 6) is 1.29. The summed E-state index contributed by atoms with van der Waals surface area (Å²) < 4.78 is 10.4. The predicted octanol–water partition coefficient (Wildman–Crippen LogP) is 2.42. The molecule has 20 heavy (non-hydrogen) atoms. The van der Waals surface area contributed by atoms with E-state index in [1.165, 1.54) is 0 Å². The molecule has 0 radical (unpaired) electrons. The summed E-state index contributed by atoms with van der Waals surface area (Å²) in [5, 5.41) is 6.02. The fourth-order valence-corrected chi connectivity index (χ4v) is 1.96. The van der Waals surface area contributed by atoms with Crippen LogP contribution in [0.4, 0.5) is 5.69 Å². The highest BCUT2D eigenvalue weighted by Crippen LogP contribution is 2.29. The Labute approximate surface area is 120 Å². The zero-order chi connectivity index (χ0) is 15.0. The molecule has 0 aromatic heterocycles. The highest BCUT2D eigenvalue weighted by Gasteiger charge is 2.08. The molecule has 0 saturated heterocycles. The van der Waals surface area contributed by atoms with Crippen LogP contribution in [-0.2, 0) is 4.79 Å². The maximum Gasteiger partial charge on any atom is 0.239 e. The van der Waals surface area contributed by atoms with Crippen molar-refractivity contribution in [1.29, 1.82) is 0 Å². The van der Waals surface area contributed by atoms with Crippen molar-refractivity contribution < 1.29 is 14.3 Å². The Morgan fingerprint density at radius 1 is 1.25 bits per heavy atom. The highest BCUT2D eigenvalue weighted by atomic mass is 16.5. The van der Waals surface area contributed by atoms with Gasteiger partial charge in [-0.3, -0.25) is 4.79 Å². The van der Waals surface area contributed by atoms with Crippen LogP contribution in [0.5, 0.6) is 11.5 Å². The molecule has 1 amide bonds. The van der Waals surface area contributed by atoms with E-state index in [1.54, 1.807) is 20.3 Å². The summed E-state index contributed by atoms with van der Waals surface area (Å²) in [5.41, 5.74) is 0.820. The molecule has 5 heteroatoms. The van der Waals surface area contributed by atoms with Crippen LogP contribution in [-0.4, -0.2) is 32.7 Å². The number of carbonyl (C=O) groups is 1. The first-order valence-corrected chi connectivity index (χ1v) is 6.86.